The fourth-order valence-corrected chi connectivity index (χ4v) is 2.81. The van der Waals surface area contributed by atoms with Crippen LogP contribution in [-0.2, 0) is 12.8 Å². The monoisotopic (exact) mass is 318 g/mol. The molecule has 0 bridgehead atoms. The first-order chi connectivity index (χ1) is 8.27. The number of nitrogens with zero attached hydrogens (tertiary/aromatic N) is 1. The first-order valence-corrected chi connectivity index (χ1v) is 6.42. The highest BCUT2D eigenvalue weighted by Gasteiger charge is 2.15. The zero-order valence-electron chi connectivity index (χ0n) is 10.7. The van der Waals surface area contributed by atoms with Crippen LogP contribution in [0, 0.1) is 6.92 Å². The van der Waals surface area contributed by atoms with Gasteiger partial charge in [0.1, 0.15) is 0 Å². The molecule has 0 atom stereocenters. The quantitative estimate of drug-likeness (QED) is 0.800. The van der Waals surface area contributed by atoms with Crippen LogP contribution in [0.1, 0.15) is 16.8 Å². The Balaban J connectivity index is 0.000000902. The van der Waals surface area contributed by atoms with Crippen LogP contribution in [0.25, 0.3) is 10.9 Å². The summed E-state index contributed by atoms with van der Waals surface area (Å²) in [6.45, 7) is 4.24. The van der Waals surface area contributed by atoms with Gasteiger partial charge in [0, 0.05) is 24.0 Å². The summed E-state index contributed by atoms with van der Waals surface area (Å²) in [6.07, 6.45) is 2.06. The number of aromatic nitrogens is 1. The van der Waals surface area contributed by atoms with Crippen molar-refractivity contribution in [1.82, 2.24) is 10.3 Å². The third kappa shape index (κ3) is 2.97. The van der Waals surface area contributed by atoms with Crippen LogP contribution < -0.4 is 5.32 Å². The molecule has 0 radical (unpaired) electrons. The Morgan fingerprint density at radius 3 is 2.68 bits per heavy atom. The van der Waals surface area contributed by atoms with Crippen LogP contribution in [0.3, 0.4) is 0 Å². The van der Waals surface area contributed by atoms with Crippen molar-refractivity contribution < 1.29 is 0 Å². The van der Waals surface area contributed by atoms with E-state index in [0.717, 1.165) is 36.5 Å². The van der Waals surface area contributed by atoms with Crippen molar-refractivity contribution in [1.29, 1.82) is 0 Å². The first-order valence-electron chi connectivity index (χ1n) is 6.04. The molecule has 1 aliphatic heterocycles. The van der Waals surface area contributed by atoms with E-state index in [9.17, 15) is 0 Å². The highest BCUT2D eigenvalue weighted by Crippen LogP contribution is 2.28. The van der Waals surface area contributed by atoms with Crippen LogP contribution in [-0.4, -0.2) is 18.1 Å². The standard InChI is InChI=1S/C14H15ClN2.2ClH/c1-9-10-5-7-16-8-6-13(10)17-14-11(9)3-2-4-12(14)15;;/h2-4,16H,5-8H2,1H3;2*1H. The van der Waals surface area contributed by atoms with Gasteiger partial charge >= 0.3 is 0 Å². The van der Waals surface area contributed by atoms with Gasteiger partial charge in [-0.25, -0.2) is 0 Å². The molecule has 2 aromatic rings. The summed E-state index contributed by atoms with van der Waals surface area (Å²) in [7, 11) is 0. The highest BCUT2D eigenvalue weighted by molar-refractivity contribution is 6.35. The van der Waals surface area contributed by atoms with Gasteiger partial charge in [-0.1, -0.05) is 23.7 Å². The maximum Gasteiger partial charge on any atom is 0.0894 e. The van der Waals surface area contributed by atoms with Crippen LogP contribution in [0.15, 0.2) is 18.2 Å². The molecule has 0 saturated heterocycles. The molecule has 104 valence electrons. The fraction of sp³-hybridized carbons (Fsp3) is 0.357. The van der Waals surface area contributed by atoms with Crippen LogP contribution >= 0.6 is 36.4 Å². The maximum absolute atomic E-state index is 6.23. The topological polar surface area (TPSA) is 24.9 Å². The third-order valence-electron chi connectivity index (χ3n) is 3.53. The Morgan fingerprint density at radius 2 is 1.89 bits per heavy atom. The second-order valence-corrected chi connectivity index (χ2v) is 4.96. The van der Waals surface area contributed by atoms with Gasteiger partial charge in [0.05, 0.1) is 10.5 Å². The Kier molecular flexibility index (Phi) is 5.87. The van der Waals surface area contributed by atoms with E-state index >= 15 is 0 Å². The first kappa shape index (κ1) is 16.5. The average molecular weight is 320 g/mol. The zero-order chi connectivity index (χ0) is 11.8. The normalized spacial score (nSPS) is 14.0. The number of fused-ring (bicyclic) bond motifs is 2. The molecule has 0 fully saturated rings. The number of hydrogen-bond donors (Lipinski definition) is 1. The summed E-state index contributed by atoms with van der Waals surface area (Å²) in [4.78, 5) is 4.76. The Morgan fingerprint density at radius 1 is 1.16 bits per heavy atom. The number of nitrogens with one attached hydrogen (secondary N) is 1. The van der Waals surface area contributed by atoms with Gasteiger partial charge in [-0.2, -0.15) is 0 Å². The smallest absolute Gasteiger partial charge is 0.0894 e. The van der Waals surface area contributed by atoms with Gasteiger partial charge in [0.25, 0.3) is 0 Å². The van der Waals surface area contributed by atoms with Crippen molar-refractivity contribution in [3.05, 3.63) is 40.0 Å². The number of aryl methyl sites for hydroxylation is 1. The minimum absolute atomic E-state index is 0. The summed E-state index contributed by atoms with van der Waals surface area (Å²) >= 11 is 6.23. The van der Waals surface area contributed by atoms with E-state index in [0.29, 0.717) is 0 Å². The van der Waals surface area contributed by atoms with Crippen LogP contribution in [0.5, 0.6) is 0 Å². The number of pyridine rings is 1. The Bertz CT molecular complexity index is 584. The SMILES string of the molecule is Cc1c2c(nc3c(Cl)cccc13)CCNCC2.Cl.Cl. The number of rotatable bonds is 0. The van der Waals surface area contributed by atoms with Crippen molar-refractivity contribution in [2.45, 2.75) is 19.8 Å². The lowest BCUT2D eigenvalue weighted by atomic mass is 9.98. The molecule has 1 N–H and O–H groups in total. The van der Waals surface area contributed by atoms with Crippen LogP contribution in [0.4, 0.5) is 0 Å². The van der Waals surface area contributed by atoms with E-state index in [2.05, 4.69) is 18.3 Å². The number of halogens is 3. The van der Waals surface area contributed by atoms with Crippen molar-refractivity contribution >= 4 is 47.3 Å². The minimum Gasteiger partial charge on any atom is -0.316 e. The molecule has 19 heavy (non-hydrogen) atoms. The molecular formula is C14H17Cl3N2. The average Bonchev–Trinajstić information content (AvgIpc) is 2.56. The molecule has 1 aromatic carbocycles. The molecule has 1 aliphatic rings. The van der Waals surface area contributed by atoms with Crippen molar-refractivity contribution in [2.75, 3.05) is 13.1 Å². The molecule has 2 heterocycles. The molecule has 2 nitrogen and oxygen atoms in total. The van der Waals surface area contributed by atoms with E-state index in [1.54, 1.807) is 0 Å². The molecule has 0 aliphatic carbocycles. The lowest BCUT2D eigenvalue weighted by Crippen LogP contribution is -2.16. The minimum atomic E-state index is 0. The Hall–Kier alpha value is -0.540. The van der Waals surface area contributed by atoms with Crippen molar-refractivity contribution in [3.63, 3.8) is 0 Å². The second-order valence-electron chi connectivity index (χ2n) is 4.55. The lowest BCUT2D eigenvalue weighted by molar-refractivity contribution is 0.708. The molecule has 0 unspecified atom stereocenters. The highest BCUT2D eigenvalue weighted by atomic mass is 35.5. The summed E-state index contributed by atoms with van der Waals surface area (Å²) in [5.74, 6) is 0. The van der Waals surface area contributed by atoms with E-state index in [-0.39, 0.29) is 24.8 Å². The molecule has 0 saturated carbocycles. The van der Waals surface area contributed by atoms with E-state index in [1.165, 1.54) is 22.2 Å². The zero-order valence-corrected chi connectivity index (χ0v) is 13.1. The molecule has 0 amide bonds. The van der Waals surface area contributed by atoms with Crippen molar-refractivity contribution in [3.8, 4) is 0 Å². The number of para-hydroxylation sites is 1. The fourth-order valence-electron chi connectivity index (χ4n) is 2.60. The largest absolute Gasteiger partial charge is 0.316 e. The summed E-state index contributed by atoms with van der Waals surface area (Å²) in [6, 6.07) is 6.03. The van der Waals surface area contributed by atoms with Gasteiger partial charge < -0.3 is 5.32 Å². The van der Waals surface area contributed by atoms with Crippen molar-refractivity contribution in [2.24, 2.45) is 0 Å². The van der Waals surface area contributed by atoms with Gasteiger partial charge in [-0.05, 0) is 37.1 Å². The second kappa shape index (κ2) is 6.76. The molecule has 3 rings (SSSR count). The molecule has 5 heteroatoms. The van der Waals surface area contributed by atoms with Crippen LogP contribution in [0.2, 0.25) is 5.02 Å². The van der Waals surface area contributed by atoms with E-state index < -0.39 is 0 Å². The molecule has 1 aromatic heterocycles. The maximum atomic E-state index is 6.23. The predicted molar refractivity (Wildman–Crippen MR) is 86.3 cm³/mol. The summed E-state index contributed by atoms with van der Waals surface area (Å²) in [5.41, 5.74) is 4.92. The molecular weight excluding hydrogens is 303 g/mol. The van der Waals surface area contributed by atoms with E-state index in [4.69, 9.17) is 16.6 Å². The summed E-state index contributed by atoms with van der Waals surface area (Å²) < 4.78 is 0. The number of hydrogen-bond acceptors (Lipinski definition) is 2. The van der Waals surface area contributed by atoms with Gasteiger partial charge in [-0.15, -0.1) is 24.8 Å². The van der Waals surface area contributed by atoms with Gasteiger partial charge in [-0.3, -0.25) is 4.98 Å². The number of benzene rings is 1. The van der Waals surface area contributed by atoms with Gasteiger partial charge in [0.2, 0.25) is 0 Å². The summed E-state index contributed by atoms with van der Waals surface area (Å²) in [5, 5.41) is 5.37. The lowest BCUT2D eigenvalue weighted by Gasteiger charge is -2.12. The molecule has 0 spiro atoms. The Labute approximate surface area is 130 Å². The third-order valence-corrected chi connectivity index (χ3v) is 3.83. The van der Waals surface area contributed by atoms with Gasteiger partial charge in [0.15, 0.2) is 0 Å². The predicted octanol–water partition coefficient (Wildman–Crippen LogP) is 3.73. The van der Waals surface area contributed by atoms with E-state index in [1.807, 2.05) is 12.1 Å².